The number of fused-ring (bicyclic) bond motifs is 1. The summed E-state index contributed by atoms with van der Waals surface area (Å²) in [4.78, 5) is 28.0. The Morgan fingerprint density at radius 2 is 2.06 bits per heavy atom. The molecule has 4 N–H and O–H groups in total. The molecule has 4 heterocycles. The maximum Gasteiger partial charge on any atom is 0.490 e. The number of carbonyl (C=O) groups excluding carboxylic acids is 1. The molecular formula is C19H18F3N7O3S. The molecule has 4 rings (SSSR count). The van der Waals surface area contributed by atoms with Crippen molar-refractivity contribution < 1.29 is 27.9 Å². The molecule has 1 aliphatic rings. The molecule has 1 saturated heterocycles. The number of halogens is 3. The first-order valence-corrected chi connectivity index (χ1v) is 10.5. The van der Waals surface area contributed by atoms with Crippen molar-refractivity contribution in [2.24, 2.45) is 5.73 Å². The minimum atomic E-state index is -5.08. The number of hydrogen-bond acceptors (Lipinski definition) is 8. The smallest absolute Gasteiger partial charge is 0.475 e. The molecule has 0 radical (unpaired) electrons. The Balaban J connectivity index is 0.000000383. The van der Waals surface area contributed by atoms with Gasteiger partial charge in [-0.1, -0.05) is 0 Å². The second kappa shape index (κ2) is 9.84. The summed E-state index contributed by atoms with van der Waals surface area (Å²) in [5.41, 5.74) is 8.11. The molecular weight excluding hydrogens is 463 g/mol. The summed E-state index contributed by atoms with van der Waals surface area (Å²) < 4.78 is 33.3. The average molecular weight is 481 g/mol. The molecule has 10 nitrogen and oxygen atoms in total. The largest absolute Gasteiger partial charge is 0.490 e. The van der Waals surface area contributed by atoms with E-state index in [-0.39, 0.29) is 11.9 Å². The lowest BCUT2D eigenvalue weighted by atomic mass is 10.1. The molecule has 1 atom stereocenters. The number of alkyl halides is 3. The van der Waals surface area contributed by atoms with Gasteiger partial charge in [0.1, 0.15) is 11.8 Å². The second-order valence-corrected chi connectivity index (χ2v) is 7.77. The van der Waals surface area contributed by atoms with Gasteiger partial charge in [-0.15, -0.1) is 16.4 Å². The summed E-state index contributed by atoms with van der Waals surface area (Å²) in [6.07, 6.45) is -1.39. The van der Waals surface area contributed by atoms with E-state index in [9.17, 15) is 18.0 Å². The van der Waals surface area contributed by atoms with Gasteiger partial charge in [-0.3, -0.25) is 4.79 Å². The van der Waals surface area contributed by atoms with E-state index < -0.39 is 12.1 Å². The van der Waals surface area contributed by atoms with Crippen LogP contribution in [0.3, 0.4) is 0 Å². The number of nitrogens with two attached hydrogens (primary N) is 1. The van der Waals surface area contributed by atoms with Crippen molar-refractivity contribution in [2.75, 3.05) is 23.3 Å². The van der Waals surface area contributed by atoms with Crippen LogP contribution in [-0.4, -0.2) is 56.9 Å². The number of anilines is 2. The zero-order valence-corrected chi connectivity index (χ0v) is 17.7. The number of aromatic nitrogens is 3. The van der Waals surface area contributed by atoms with Crippen molar-refractivity contribution >= 4 is 40.4 Å². The van der Waals surface area contributed by atoms with E-state index in [1.807, 2.05) is 4.90 Å². The average Bonchev–Trinajstić information content (AvgIpc) is 3.39. The van der Waals surface area contributed by atoms with E-state index in [0.29, 0.717) is 29.4 Å². The van der Waals surface area contributed by atoms with Gasteiger partial charge in [-0.05, 0) is 25.0 Å². The molecule has 0 unspecified atom stereocenters. The zero-order chi connectivity index (χ0) is 24.2. The molecule has 0 aliphatic carbocycles. The highest BCUT2D eigenvalue weighted by Crippen LogP contribution is 2.21. The second-order valence-electron chi connectivity index (χ2n) is 7.03. The van der Waals surface area contributed by atoms with Crippen LogP contribution in [0.25, 0.3) is 5.52 Å². The molecule has 0 saturated carbocycles. The number of hydrogen-bond donors (Lipinski definition) is 3. The van der Waals surface area contributed by atoms with Crippen molar-refractivity contribution in [3.05, 3.63) is 40.3 Å². The van der Waals surface area contributed by atoms with Crippen molar-refractivity contribution in [1.82, 2.24) is 14.6 Å². The maximum atomic E-state index is 12.7. The SMILES string of the molecule is N#Cc1cscc1NC(=O)c1ccc2cnc(N3CCC[C@H](N)C3)nn12.O=C(O)C(F)(F)F. The van der Waals surface area contributed by atoms with E-state index in [1.165, 1.54) is 11.3 Å². The van der Waals surface area contributed by atoms with Gasteiger partial charge < -0.3 is 21.1 Å². The van der Waals surface area contributed by atoms with Crippen LogP contribution in [-0.2, 0) is 4.79 Å². The molecule has 174 valence electrons. The summed E-state index contributed by atoms with van der Waals surface area (Å²) in [7, 11) is 0. The van der Waals surface area contributed by atoms with Crippen molar-refractivity contribution in [2.45, 2.75) is 25.1 Å². The molecule has 0 bridgehead atoms. The first-order valence-electron chi connectivity index (χ1n) is 9.53. The van der Waals surface area contributed by atoms with Crippen LogP contribution in [0.2, 0.25) is 0 Å². The maximum absolute atomic E-state index is 12.7. The zero-order valence-electron chi connectivity index (χ0n) is 16.9. The topological polar surface area (TPSA) is 150 Å². The lowest BCUT2D eigenvalue weighted by molar-refractivity contribution is -0.192. The number of rotatable bonds is 3. The quantitative estimate of drug-likeness (QED) is 0.516. The molecule has 0 spiro atoms. The minimum absolute atomic E-state index is 0.110. The Kier molecular flexibility index (Phi) is 7.14. The number of carbonyl (C=O) groups is 2. The number of carboxylic acids is 1. The van der Waals surface area contributed by atoms with Gasteiger partial charge in [0.15, 0.2) is 0 Å². The standard InChI is InChI=1S/C17H17N7OS.C2HF3O2/c18-6-11-9-26-10-14(11)21-16(25)15-4-3-13-7-20-17(22-24(13)15)23-5-1-2-12(19)8-23;3-2(4,5)1(6)7/h3-4,7,9-10,12H,1-2,5,8,19H2,(H,21,25);(H,6,7)/t12-;/m0./s1. The molecule has 1 aliphatic heterocycles. The van der Waals surface area contributed by atoms with E-state index >= 15 is 0 Å². The van der Waals surface area contributed by atoms with Crippen LogP contribution in [0.15, 0.2) is 29.1 Å². The highest BCUT2D eigenvalue weighted by molar-refractivity contribution is 7.08. The van der Waals surface area contributed by atoms with Gasteiger partial charge in [-0.25, -0.2) is 14.3 Å². The first kappa shape index (κ1) is 24.0. The predicted molar refractivity (Wildman–Crippen MR) is 113 cm³/mol. The Morgan fingerprint density at radius 1 is 1.33 bits per heavy atom. The predicted octanol–water partition coefficient (Wildman–Crippen LogP) is 2.48. The number of nitrogens with zero attached hydrogens (tertiary/aromatic N) is 5. The summed E-state index contributed by atoms with van der Waals surface area (Å²) in [5, 5.41) is 27.0. The Hall–Kier alpha value is -3.70. The Morgan fingerprint density at radius 3 is 2.70 bits per heavy atom. The Labute approximate surface area is 189 Å². The van der Waals surface area contributed by atoms with Crippen LogP contribution < -0.4 is 16.0 Å². The van der Waals surface area contributed by atoms with Gasteiger partial charge in [0.2, 0.25) is 5.95 Å². The minimum Gasteiger partial charge on any atom is -0.475 e. The van der Waals surface area contributed by atoms with Crippen LogP contribution in [0.1, 0.15) is 28.9 Å². The first-order chi connectivity index (χ1) is 15.6. The highest BCUT2D eigenvalue weighted by Gasteiger charge is 2.38. The van der Waals surface area contributed by atoms with Crippen molar-refractivity contribution in [1.29, 1.82) is 5.26 Å². The lowest BCUT2D eigenvalue weighted by Crippen LogP contribution is -2.43. The fraction of sp³-hybridized carbons (Fsp3) is 0.316. The molecule has 3 aromatic rings. The fourth-order valence-corrected chi connectivity index (χ4v) is 3.77. The lowest BCUT2D eigenvalue weighted by Gasteiger charge is -2.30. The number of aliphatic carboxylic acids is 1. The third-order valence-corrected chi connectivity index (χ3v) is 5.38. The van der Waals surface area contributed by atoms with E-state index in [0.717, 1.165) is 24.9 Å². The van der Waals surface area contributed by atoms with Gasteiger partial charge in [0.05, 0.1) is 23.0 Å². The highest BCUT2D eigenvalue weighted by atomic mass is 32.1. The number of nitrogens with one attached hydrogen (secondary N) is 1. The van der Waals surface area contributed by atoms with Gasteiger partial charge in [0.25, 0.3) is 5.91 Å². The van der Waals surface area contributed by atoms with Gasteiger partial charge in [-0.2, -0.15) is 18.4 Å². The van der Waals surface area contributed by atoms with Crippen LogP contribution in [0, 0.1) is 11.3 Å². The monoisotopic (exact) mass is 481 g/mol. The number of nitriles is 1. The van der Waals surface area contributed by atoms with Crippen molar-refractivity contribution in [3.63, 3.8) is 0 Å². The Bertz CT molecular complexity index is 1200. The van der Waals surface area contributed by atoms with E-state index in [4.69, 9.17) is 20.9 Å². The normalized spacial score (nSPS) is 16.0. The molecule has 14 heteroatoms. The van der Waals surface area contributed by atoms with Gasteiger partial charge in [0, 0.05) is 29.9 Å². The summed E-state index contributed by atoms with van der Waals surface area (Å²) >= 11 is 1.37. The number of thiophene rings is 1. The summed E-state index contributed by atoms with van der Waals surface area (Å²) in [6, 6.07) is 5.66. The number of piperidine rings is 1. The van der Waals surface area contributed by atoms with Crippen molar-refractivity contribution in [3.8, 4) is 6.07 Å². The molecule has 33 heavy (non-hydrogen) atoms. The number of carboxylic acid groups (broad SMARTS) is 1. The van der Waals surface area contributed by atoms with E-state index in [1.54, 1.807) is 33.6 Å². The fourth-order valence-electron chi connectivity index (χ4n) is 3.07. The summed E-state index contributed by atoms with van der Waals surface area (Å²) in [6.45, 7) is 1.55. The van der Waals surface area contributed by atoms with E-state index in [2.05, 4.69) is 21.5 Å². The number of amides is 1. The van der Waals surface area contributed by atoms with Gasteiger partial charge >= 0.3 is 12.1 Å². The molecule has 0 aromatic carbocycles. The van der Waals surface area contributed by atoms with Crippen LogP contribution >= 0.6 is 11.3 Å². The molecule has 1 amide bonds. The summed E-state index contributed by atoms with van der Waals surface area (Å²) in [5.74, 6) is -2.52. The third-order valence-electron chi connectivity index (χ3n) is 4.63. The van der Waals surface area contributed by atoms with Crippen LogP contribution in [0.5, 0.6) is 0 Å². The third kappa shape index (κ3) is 5.76. The molecule has 3 aromatic heterocycles. The molecule has 1 fully saturated rings. The van der Waals surface area contributed by atoms with Crippen LogP contribution in [0.4, 0.5) is 24.8 Å².